The van der Waals surface area contributed by atoms with Gasteiger partial charge in [0.1, 0.15) is 0 Å². The molecular weight excluding hydrogens is 283 g/mol. The Morgan fingerprint density at radius 2 is 1.48 bits per heavy atom. The number of halogens is 3. The second kappa shape index (κ2) is 5.74. The van der Waals surface area contributed by atoms with E-state index in [0.717, 1.165) is 10.2 Å². The van der Waals surface area contributed by atoms with Crippen LogP contribution in [-0.2, 0) is 0 Å². The first-order valence-corrected chi connectivity index (χ1v) is 5.96. The lowest BCUT2D eigenvalue weighted by Gasteiger charge is -2.24. The topological polar surface area (TPSA) is 58.4 Å². The molecule has 2 amide bonds. The lowest BCUT2D eigenvalue weighted by atomic mass is 10.2. The third-order valence-electron chi connectivity index (χ3n) is 2.62. The minimum atomic E-state index is -4.81. The van der Waals surface area contributed by atoms with Crippen molar-refractivity contribution in [3.05, 3.63) is 54.6 Å². The summed E-state index contributed by atoms with van der Waals surface area (Å²) in [6.07, 6.45) is -4.81. The van der Waals surface area contributed by atoms with E-state index in [9.17, 15) is 18.0 Å². The van der Waals surface area contributed by atoms with Crippen molar-refractivity contribution in [2.75, 3.05) is 10.6 Å². The Balaban J connectivity index is 2.40. The van der Waals surface area contributed by atoms with Gasteiger partial charge in [0.2, 0.25) is 0 Å². The molecule has 2 rings (SSSR count). The quantitative estimate of drug-likeness (QED) is 0.656. The van der Waals surface area contributed by atoms with E-state index < -0.39 is 12.3 Å². The summed E-state index contributed by atoms with van der Waals surface area (Å²) in [4.78, 5) is 12.8. The fraction of sp³-hybridized carbons (Fsp3) is 0.0714. The molecular formula is C14H12F3N3O. The van der Waals surface area contributed by atoms with Gasteiger partial charge in [0.05, 0.1) is 11.4 Å². The number of hydrogen-bond donors (Lipinski definition) is 2. The lowest BCUT2D eigenvalue weighted by Crippen LogP contribution is -2.44. The van der Waals surface area contributed by atoms with E-state index in [0.29, 0.717) is 11.4 Å². The zero-order valence-corrected chi connectivity index (χ0v) is 10.8. The Morgan fingerprint density at radius 3 is 2.00 bits per heavy atom. The van der Waals surface area contributed by atoms with Crippen LogP contribution in [0.1, 0.15) is 0 Å². The first-order valence-electron chi connectivity index (χ1n) is 5.96. The van der Waals surface area contributed by atoms with Crippen LogP contribution in [0.3, 0.4) is 0 Å². The highest BCUT2D eigenvalue weighted by molar-refractivity contribution is 5.99. The molecule has 0 fully saturated rings. The van der Waals surface area contributed by atoms with Crippen molar-refractivity contribution in [3.63, 3.8) is 0 Å². The van der Waals surface area contributed by atoms with Gasteiger partial charge in [0, 0.05) is 5.69 Å². The summed E-state index contributed by atoms with van der Waals surface area (Å²) in [5.74, 6) is 0. The van der Waals surface area contributed by atoms with Gasteiger partial charge < -0.3 is 5.73 Å². The van der Waals surface area contributed by atoms with Crippen molar-refractivity contribution in [2.24, 2.45) is 0 Å². The second-order valence-corrected chi connectivity index (χ2v) is 4.19. The van der Waals surface area contributed by atoms with Crippen LogP contribution in [0.25, 0.3) is 0 Å². The standard InChI is InChI=1S/C14H12F3N3O/c15-14(16,17)19-13(21)20(11-4-2-1-3-5-11)12-8-6-10(18)7-9-12/h1-9H,18H2,(H,19,21). The smallest absolute Gasteiger partial charge is 0.399 e. The molecule has 0 saturated carbocycles. The fourth-order valence-corrected chi connectivity index (χ4v) is 1.76. The van der Waals surface area contributed by atoms with Crippen molar-refractivity contribution in [1.82, 2.24) is 5.32 Å². The predicted molar refractivity (Wildman–Crippen MR) is 74.0 cm³/mol. The number of amides is 2. The number of para-hydroxylation sites is 1. The average Bonchev–Trinajstić information content (AvgIpc) is 2.40. The summed E-state index contributed by atoms with van der Waals surface area (Å²) in [7, 11) is 0. The number of nitrogen functional groups attached to an aromatic ring is 1. The average molecular weight is 295 g/mol. The molecule has 0 aliphatic rings. The first-order chi connectivity index (χ1) is 9.87. The summed E-state index contributed by atoms with van der Waals surface area (Å²) in [5, 5.41) is 0.987. The van der Waals surface area contributed by atoms with Crippen molar-refractivity contribution in [2.45, 2.75) is 6.30 Å². The Bertz CT molecular complexity index is 612. The lowest BCUT2D eigenvalue weighted by molar-refractivity contribution is -0.144. The Morgan fingerprint density at radius 1 is 0.952 bits per heavy atom. The van der Waals surface area contributed by atoms with E-state index in [2.05, 4.69) is 0 Å². The number of anilines is 3. The van der Waals surface area contributed by atoms with Gasteiger partial charge in [-0.05, 0) is 36.4 Å². The van der Waals surface area contributed by atoms with Gasteiger partial charge in [0.15, 0.2) is 0 Å². The summed E-state index contributed by atoms with van der Waals surface area (Å²) in [6, 6.07) is 12.7. The molecule has 3 N–H and O–H groups in total. The number of rotatable bonds is 2. The van der Waals surface area contributed by atoms with E-state index in [1.165, 1.54) is 36.4 Å². The Kier molecular flexibility index (Phi) is 4.02. The molecule has 0 heterocycles. The number of benzene rings is 2. The van der Waals surface area contributed by atoms with Crippen LogP contribution in [0.4, 0.5) is 35.0 Å². The highest BCUT2D eigenvalue weighted by Gasteiger charge is 2.33. The van der Waals surface area contributed by atoms with Gasteiger partial charge in [-0.3, -0.25) is 4.90 Å². The van der Waals surface area contributed by atoms with Crippen LogP contribution in [0.15, 0.2) is 54.6 Å². The summed E-state index contributed by atoms with van der Waals surface area (Å²) < 4.78 is 37.2. The largest absolute Gasteiger partial charge is 0.485 e. The van der Waals surface area contributed by atoms with Crippen LogP contribution < -0.4 is 16.0 Å². The van der Waals surface area contributed by atoms with Crippen LogP contribution in [-0.4, -0.2) is 12.3 Å². The predicted octanol–water partition coefficient (Wildman–Crippen LogP) is 3.64. The maximum absolute atomic E-state index is 12.4. The molecule has 0 radical (unpaired) electrons. The van der Waals surface area contributed by atoms with Gasteiger partial charge >= 0.3 is 12.3 Å². The van der Waals surface area contributed by atoms with Gasteiger partial charge in [-0.2, -0.15) is 13.2 Å². The number of nitrogens with one attached hydrogen (secondary N) is 1. The number of carbonyl (C=O) groups is 1. The van der Waals surface area contributed by atoms with Crippen molar-refractivity contribution < 1.29 is 18.0 Å². The van der Waals surface area contributed by atoms with Gasteiger partial charge in [-0.25, -0.2) is 10.1 Å². The van der Waals surface area contributed by atoms with Crippen molar-refractivity contribution in [3.8, 4) is 0 Å². The number of alkyl halides is 3. The molecule has 0 spiro atoms. The maximum Gasteiger partial charge on any atom is 0.485 e. The minimum Gasteiger partial charge on any atom is -0.399 e. The molecule has 0 bridgehead atoms. The van der Waals surface area contributed by atoms with Crippen LogP contribution >= 0.6 is 0 Å². The van der Waals surface area contributed by atoms with E-state index in [1.54, 1.807) is 18.2 Å². The van der Waals surface area contributed by atoms with Gasteiger partial charge in [-0.1, -0.05) is 18.2 Å². The molecule has 0 aromatic heterocycles. The third kappa shape index (κ3) is 3.88. The van der Waals surface area contributed by atoms with Crippen LogP contribution in [0, 0.1) is 0 Å². The summed E-state index contributed by atoms with van der Waals surface area (Å²) >= 11 is 0. The molecule has 110 valence electrons. The molecule has 2 aromatic carbocycles. The van der Waals surface area contributed by atoms with E-state index in [-0.39, 0.29) is 5.69 Å². The highest BCUT2D eigenvalue weighted by Crippen LogP contribution is 2.27. The molecule has 0 aliphatic heterocycles. The molecule has 4 nitrogen and oxygen atoms in total. The molecule has 0 unspecified atom stereocenters. The molecule has 2 aromatic rings. The molecule has 0 aliphatic carbocycles. The number of urea groups is 1. The first kappa shape index (κ1) is 14.7. The van der Waals surface area contributed by atoms with Crippen molar-refractivity contribution in [1.29, 1.82) is 0 Å². The van der Waals surface area contributed by atoms with E-state index >= 15 is 0 Å². The Labute approximate surface area is 119 Å². The number of carbonyl (C=O) groups excluding carboxylic acids is 1. The van der Waals surface area contributed by atoms with Gasteiger partial charge in [-0.15, -0.1) is 0 Å². The minimum absolute atomic E-state index is 0.275. The maximum atomic E-state index is 12.4. The molecule has 0 saturated heterocycles. The number of hydrogen-bond acceptors (Lipinski definition) is 2. The van der Waals surface area contributed by atoms with E-state index in [4.69, 9.17) is 5.73 Å². The Hall–Kier alpha value is -2.70. The SMILES string of the molecule is Nc1ccc(N(C(=O)NC(F)(F)F)c2ccccc2)cc1. The zero-order valence-electron chi connectivity index (χ0n) is 10.8. The normalized spacial score (nSPS) is 11.0. The van der Waals surface area contributed by atoms with Crippen LogP contribution in [0.2, 0.25) is 0 Å². The molecule has 7 heteroatoms. The third-order valence-corrected chi connectivity index (χ3v) is 2.62. The highest BCUT2D eigenvalue weighted by atomic mass is 19.4. The second-order valence-electron chi connectivity index (χ2n) is 4.19. The number of nitrogens with zero attached hydrogens (tertiary/aromatic N) is 1. The number of nitrogens with two attached hydrogens (primary N) is 1. The van der Waals surface area contributed by atoms with Gasteiger partial charge in [0.25, 0.3) is 0 Å². The monoisotopic (exact) mass is 295 g/mol. The fourth-order valence-electron chi connectivity index (χ4n) is 1.76. The molecule has 21 heavy (non-hydrogen) atoms. The zero-order chi connectivity index (χ0) is 15.5. The van der Waals surface area contributed by atoms with Crippen molar-refractivity contribution >= 4 is 23.1 Å². The van der Waals surface area contributed by atoms with Crippen LogP contribution in [0.5, 0.6) is 0 Å². The molecule has 0 atom stereocenters. The summed E-state index contributed by atoms with van der Waals surface area (Å²) in [6.45, 7) is 0. The summed E-state index contributed by atoms with van der Waals surface area (Å²) in [5.41, 5.74) is 6.58. The van der Waals surface area contributed by atoms with E-state index in [1.807, 2.05) is 0 Å².